The summed E-state index contributed by atoms with van der Waals surface area (Å²) >= 11 is 0. The third kappa shape index (κ3) is 3.87. The number of rotatable bonds is 3. The Hall–Kier alpha value is -4.09. The number of nitrogens with one attached hydrogen (secondary N) is 2. The number of para-hydroxylation sites is 1. The van der Waals surface area contributed by atoms with Crippen molar-refractivity contribution in [3.63, 3.8) is 0 Å². The predicted molar refractivity (Wildman–Crippen MR) is 100 cm³/mol. The molecule has 2 N–H and O–H groups in total. The van der Waals surface area contributed by atoms with Gasteiger partial charge in [0.2, 0.25) is 0 Å². The van der Waals surface area contributed by atoms with Gasteiger partial charge in [-0.1, -0.05) is 30.3 Å². The Labute approximate surface area is 151 Å². The Morgan fingerprint density at radius 1 is 0.731 bits per heavy atom. The van der Waals surface area contributed by atoms with Gasteiger partial charge in [-0.25, -0.2) is 4.79 Å². The lowest BCUT2D eigenvalue weighted by atomic mass is 10.0. The molecule has 0 heterocycles. The number of amides is 2. The van der Waals surface area contributed by atoms with Gasteiger partial charge in [0.15, 0.2) is 0 Å². The molecule has 0 radical (unpaired) electrons. The van der Waals surface area contributed by atoms with Gasteiger partial charge in [-0.2, -0.15) is 10.5 Å². The van der Waals surface area contributed by atoms with Crippen molar-refractivity contribution >= 4 is 17.4 Å². The highest BCUT2D eigenvalue weighted by Crippen LogP contribution is 2.28. The smallest absolute Gasteiger partial charge is 0.308 e. The van der Waals surface area contributed by atoms with Crippen molar-refractivity contribution in [2.24, 2.45) is 0 Å². The van der Waals surface area contributed by atoms with Gasteiger partial charge < -0.3 is 10.6 Å². The van der Waals surface area contributed by atoms with Crippen molar-refractivity contribution in [2.75, 3.05) is 10.6 Å². The third-order valence-electron chi connectivity index (χ3n) is 3.77. The topological polar surface area (TPSA) is 88.7 Å². The molecule has 0 aliphatic heterocycles. The first-order valence-corrected chi connectivity index (χ1v) is 7.87. The Balaban J connectivity index is 1.78. The number of nitrogens with zero attached hydrogens (tertiary/aromatic N) is 2. The van der Waals surface area contributed by atoms with E-state index in [2.05, 4.69) is 16.7 Å². The van der Waals surface area contributed by atoms with Crippen LogP contribution < -0.4 is 10.6 Å². The summed E-state index contributed by atoms with van der Waals surface area (Å²) in [6, 6.07) is 25.0. The van der Waals surface area contributed by atoms with Crippen LogP contribution in [-0.4, -0.2) is 6.03 Å². The minimum Gasteiger partial charge on any atom is -0.308 e. The van der Waals surface area contributed by atoms with Crippen LogP contribution in [0.1, 0.15) is 11.1 Å². The minimum atomic E-state index is -0.379. The van der Waals surface area contributed by atoms with Crippen LogP contribution in [0.2, 0.25) is 0 Å². The van der Waals surface area contributed by atoms with Crippen LogP contribution in [0.3, 0.4) is 0 Å². The van der Waals surface area contributed by atoms with Crippen LogP contribution in [0.5, 0.6) is 0 Å². The quantitative estimate of drug-likeness (QED) is 0.723. The highest BCUT2D eigenvalue weighted by Gasteiger charge is 2.08. The molecule has 5 heteroatoms. The molecule has 0 unspecified atom stereocenters. The molecule has 124 valence electrons. The largest absolute Gasteiger partial charge is 0.323 e. The fourth-order valence-corrected chi connectivity index (χ4v) is 2.48. The van der Waals surface area contributed by atoms with Gasteiger partial charge in [-0.3, -0.25) is 0 Å². The van der Waals surface area contributed by atoms with Crippen LogP contribution in [0, 0.1) is 22.7 Å². The lowest BCUT2D eigenvalue weighted by Gasteiger charge is -2.12. The molecule has 0 aliphatic carbocycles. The van der Waals surface area contributed by atoms with E-state index in [1.807, 2.05) is 42.5 Å². The molecule has 3 aromatic rings. The summed E-state index contributed by atoms with van der Waals surface area (Å²) in [6.45, 7) is 0. The molecule has 26 heavy (non-hydrogen) atoms. The highest BCUT2D eigenvalue weighted by molar-refractivity contribution is 6.02. The van der Waals surface area contributed by atoms with Crippen molar-refractivity contribution in [2.45, 2.75) is 0 Å². The van der Waals surface area contributed by atoms with E-state index >= 15 is 0 Å². The van der Waals surface area contributed by atoms with Gasteiger partial charge in [-0.05, 0) is 48.0 Å². The number of anilines is 2. The lowest BCUT2D eigenvalue weighted by molar-refractivity contribution is 0.262. The standard InChI is InChI=1S/C21H14N4O/c22-13-15-5-9-17(10-6-15)19-3-1-2-4-20(19)25-21(26)24-18-11-7-16(14-23)8-12-18/h1-12H,(H2,24,25,26). The third-order valence-corrected chi connectivity index (χ3v) is 3.77. The molecule has 3 rings (SSSR count). The molecule has 0 aromatic heterocycles. The zero-order valence-electron chi connectivity index (χ0n) is 13.7. The van der Waals surface area contributed by atoms with Crippen LogP contribution in [0.15, 0.2) is 72.8 Å². The first-order chi connectivity index (χ1) is 12.7. The van der Waals surface area contributed by atoms with E-state index in [1.54, 1.807) is 36.4 Å². The van der Waals surface area contributed by atoms with Crippen molar-refractivity contribution in [1.82, 2.24) is 0 Å². The number of nitriles is 2. The second-order valence-corrected chi connectivity index (χ2v) is 5.50. The molecule has 5 nitrogen and oxygen atoms in total. The fraction of sp³-hybridized carbons (Fsp3) is 0. The molecule has 0 saturated carbocycles. The fourth-order valence-electron chi connectivity index (χ4n) is 2.48. The maximum Gasteiger partial charge on any atom is 0.323 e. The normalized spacial score (nSPS) is 9.62. The van der Waals surface area contributed by atoms with Gasteiger partial charge in [0.05, 0.1) is 29.0 Å². The maximum atomic E-state index is 12.3. The molecule has 2 amide bonds. The van der Waals surface area contributed by atoms with E-state index in [0.29, 0.717) is 22.5 Å². The zero-order chi connectivity index (χ0) is 18.4. The average molecular weight is 338 g/mol. The van der Waals surface area contributed by atoms with E-state index in [4.69, 9.17) is 10.5 Å². The molecule has 0 spiro atoms. The van der Waals surface area contributed by atoms with E-state index in [0.717, 1.165) is 11.1 Å². The summed E-state index contributed by atoms with van der Waals surface area (Å²) in [5, 5.41) is 23.3. The number of carbonyl (C=O) groups excluding carboxylic acids is 1. The second kappa shape index (κ2) is 7.65. The molecular weight excluding hydrogens is 324 g/mol. The predicted octanol–water partition coefficient (Wildman–Crippen LogP) is 4.74. The molecule has 3 aromatic carbocycles. The Morgan fingerprint density at radius 3 is 1.92 bits per heavy atom. The van der Waals surface area contributed by atoms with E-state index < -0.39 is 0 Å². The molecule has 0 bridgehead atoms. The molecule has 0 saturated heterocycles. The Bertz CT molecular complexity index is 1010. The zero-order valence-corrected chi connectivity index (χ0v) is 13.7. The van der Waals surface area contributed by atoms with Gasteiger partial charge in [0, 0.05) is 11.3 Å². The van der Waals surface area contributed by atoms with Crippen molar-refractivity contribution in [1.29, 1.82) is 10.5 Å². The van der Waals surface area contributed by atoms with Crippen LogP contribution in [-0.2, 0) is 0 Å². The molecule has 0 fully saturated rings. The Kier molecular flexibility index (Phi) is 4.93. The van der Waals surface area contributed by atoms with Crippen molar-refractivity contribution in [3.8, 4) is 23.3 Å². The average Bonchev–Trinajstić information content (AvgIpc) is 2.69. The van der Waals surface area contributed by atoms with Crippen LogP contribution >= 0.6 is 0 Å². The van der Waals surface area contributed by atoms with Crippen LogP contribution in [0.4, 0.5) is 16.2 Å². The summed E-state index contributed by atoms with van der Waals surface area (Å²) in [4.78, 5) is 12.3. The van der Waals surface area contributed by atoms with Crippen molar-refractivity contribution in [3.05, 3.63) is 83.9 Å². The van der Waals surface area contributed by atoms with E-state index in [1.165, 1.54) is 0 Å². The minimum absolute atomic E-state index is 0.379. The first-order valence-electron chi connectivity index (χ1n) is 7.87. The Morgan fingerprint density at radius 2 is 1.31 bits per heavy atom. The number of hydrogen-bond acceptors (Lipinski definition) is 3. The number of hydrogen-bond donors (Lipinski definition) is 2. The summed E-state index contributed by atoms with van der Waals surface area (Å²) in [5.74, 6) is 0. The SMILES string of the molecule is N#Cc1ccc(NC(=O)Nc2ccccc2-c2ccc(C#N)cc2)cc1. The summed E-state index contributed by atoms with van der Waals surface area (Å²) < 4.78 is 0. The second-order valence-electron chi connectivity index (χ2n) is 5.50. The van der Waals surface area contributed by atoms with E-state index in [9.17, 15) is 4.79 Å². The van der Waals surface area contributed by atoms with Crippen molar-refractivity contribution < 1.29 is 4.79 Å². The van der Waals surface area contributed by atoms with Gasteiger partial charge >= 0.3 is 6.03 Å². The lowest BCUT2D eigenvalue weighted by Crippen LogP contribution is -2.19. The van der Waals surface area contributed by atoms with Gasteiger partial charge in [0.1, 0.15) is 0 Å². The maximum absolute atomic E-state index is 12.3. The summed E-state index contributed by atoms with van der Waals surface area (Å²) in [5.41, 5.74) is 4.12. The summed E-state index contributed by atoms with van der Waals surface area (Å²) in [6.07, 6.45) is 0. The number of carbonyl (C=O) groups is 1. The van der Waals surface area contributed by atoms with Gasteiger partial charge in [-0.15, -0.1) is 0 Å². The monoisotopic (exact) mass is 338 g/mol. The molecule has 0 atom stereocenters. The summed E-state index contributed by atoms with van der Waals surface area (Å²) in [7, 11) is 0. The highest BCUT2D eigenvalue weighted by atomic mass is 16.2. The van der Waals surface area contributed by atoms with E-state index in [-0.39, 0.29) is 6.03 Å². The molecular formula is C21H14N4O. The van der Waals surface area contributed by atoms with Gasteiger partial charge in [0.25, 0.3) is 0 Å². The first kappa shape index (κ1) is 16.8. The van der Waals surface area contributed by atoms with Crippen LogP contribution in [0.25, 0.3) is 11.1 Å². The number of benzene rings is 3. The number of urea groups is 1. The molecule has 0 aliphatic rings.